The zero-order valence-electron chi connectivity index (χ0n) is 51.7. The molecule has 17 heteroatoms. The summed E-state index contributed by atoms with van der Waals surface area (Å²) < 4.78 is 42.2. The summed E-state index contributed by atoms with van der Waals surface area (Å²) in [7, 11) is 1.45. The van der Waals surface area contributed by atoms with Gasteiger partial charge in [0, 0.05) is 50.3 Å². The number of hydrogen-bond acceptors (Lipinski definition) is 12. The third-order valence-corrected chi connectivity index (χ3v) is 22.5. The molecule has 2 heterocycles. The van der Waals surface area contributed by atoms with Gasteiger partial charge in [-0.3, -0.25) is 23.9 Å². The predicted octanol–water partition coefficient (Wildman–Crippen LogP) is 12.2. The van der Waals surface area contributed by atoms with Gasteiger partial charge in [0.15, 0.2) is 0 Å². The standard InChI is InChI=1S/C68H93N6O10P/c1-45(2)74(46(3)4)85(82-41-15-38-69)84-59-42-63(83-60(59)44-81-68(50-17-11-10-12-18-50,51-21-26-53(79-8)27-22-51)52-23-28-54(80-9)29-24-52)73-43-48(64(77)72-65(73)78)20-34-62(76)71-40-39-70-61(75)33-19-47(5)56-31-32-57-55-30-25-49-16-13-14-36-66(49,6)58(55)35-37-67(56,57)7/h10-12,17-18,20-24,26-29,34,43,45-47,49,55-60,63H,13-16,19,25,30-33,35-37,39-42,44H2,1-9H3,(H,70,75)(H,71,76)(H,72,77,78)/t47-,49+,55+,56-,57+,58+,59?,60-,63-,66+,67-,85?/m1/s1. The zero-order valence-corrected chi connectivity index (χ0v) is 52.6. The highest BCUT2D eigenvalue weighted by molar-refractivity contribution is 7.44. The Labute approximate surface area is 505 Å². The molecular weight excluding hydrogens is 1090 g/mol. The van der Waals surface area contributed by atoms with E-state index in [9.17, 15) is 24.4 Å². The summed E-state index contributed by atoms with van der Waals surface area (Å²) in [5.74, 6) is 5.45. The largest absolute Gasteiger partial charge is 0.497 e. The average Bonchev–Trinajstić information content (AvgIpc) is 2.03. The molecule has 9 rings (SSSR count). The topological polar surface area (TPSA) is 195 Å². The molecule has 4 aromatic rings. The maximum atomic E-state index is 13.9. The van der Waals surface area contributed by atoms with Crippen molar-refractivity contribution in [2.75, 3.05) is 40.5 Å². The molecule has 4 saturated carbocycles. The Morgan fingerprint density at radius 1 is 0.835 bits per heavy atom. The third kappa shape index (κ3) is 14.0. The van der Waals surface area contributed by atoms with Crippen molar-refractivity contribution in [1.29, 1.82) is 5.26 Å². The molecule has 1 aromatic heterocycles. The molecule has 460 valence electrons. The number of H-pyrrole nitrogens is 1. The van der Waals surface area contributed by atoms with Crippen LogP contribution in [0, 0.1) is 57.7 Å². The van der Waals surface area contributed by atoms with E-state index in [0.717, 1.165) is 46.8 Å². The van der Waals surface area contributed by atoms with Crippen LogP contribution in [0.3, 0.4) is 0 Å². The lowest BCUT2D eigenvalue weighted by Gasteiger charge is -2.61. The molecule has 2 amide bonds. The van der Waals surface area contributed by atoms with Gasteiger partial charge in [0.2, 0.25) is 11.8 Å². The van der Waals surface area contributed by atoms with E-state index in [4.69, 9.17) is 28.0 Å². The number of methoxy groups -OCH3 is 2. The maximum Gasteiger partial charge on any atom is 0.330 e. The van der Waals surface area contributed by atoms with Crippen LogP contribution in [0.4, 0.5) is 0 Å². The number of amides is 2. The number of carbonyl (C=O) groups excluding carboxylic acids is 2. The number of rotatable bonds is 26. The summed E-state index contributed by atoms with van der Waals surface area (Å²) in [4.78, 5) is 56.2. The number of benzene rings is 3. The number of nitriles is 1. The Kier molecular flexibility index (Phi) is 21.4. The molecule has 3 N–H and O–H groups in total. The Morgan fingerprint density at radius 3 is 2.15 bits per heavy atom. The quantitative estimate of drug-likeness (QED) is 0.0233. The number of aromatic nitrogens is 2. The van der Waals surface area contributed by atoms with E-state index in [0.29, 0.717) is 40.6 Å². The summed E-state index contributed by atoms with van der Waals surface area (Å²) in [6.07, 6.45) is 16.9. The van der Waals surface area contributed by atoms with Crippen molar-refractivity contribution in [1.82, 2.24) is 24.9 Å². The Balaban J connectivity index is 0.865. The van der Waals surface area contributed by atoms with Crippen LogP contribution in [0.2, 0.25) is 0 Å². The van der Waals surface area contributed by atoms with Gasteiger partial charge in [0.25, 0.3) is 14.1 Å². The molecular formula is C68H93N6O10P. The average molecular weight is 1190 g/mol. The fraction of sp³-hybridized carbons (Fsp3) is 0.603. The highest BCUT2D eigenvalue weighted by Crippen LogP contribution is 2.68. The lowest BCUT2D eigenvalue weighted by molar-refractivity contribution is -0.122. The molecule has 1 saturated heterocycles. The predicted molar refractivity (Wildman–Crippen MR) is 331 cm³/mol. The van der Waals surface area contributed by atoms with Crippen molar-refractivity contribution in [2.24, 2.45) is 46.3 Å². The van der Waals surface area contributed by atoms with Crippen molar-refractivity contribution in [3.63, 3.8) is 0 Å². The number of fused-ring (bicyclic) bond motifs is 5. The Hall–Kier alpha value is -5.66. The van der Waals surface area contributed by atoms with E-state index < -0.39 is 49.7 Å². The highest BCUT2D eigenvalue weighted by Gasteiger charge is 2.60. The first-order valence-corrected chi connectivity index (χ1v) is 32.5. The molecule has 0 bridgehead atoms. The molecule has 0 radical (unpaired) electrons. The van der Waals surface area contributed by atoms with Crippen LogP contribution in [-0.2, 0) is 33.7 Å². The van der Waals surface area contributed by atoms with E-state index in [1.54, 1.807) is 14.2 Å². The molecule has 16 nitrogen and oxygen atoms in total. The van der Waals surface area contributed by atoms with Crippen LogP contribution in [-0.4, -0.2) is 90.9 Å². The van der Waals surface area contributed by atoms with Gasteiger partial charge < -0.3 is 38.6 Å². The number of hydrogen-bond donors (Lipinski definition) is 3. The van der Waals surface area contributed by atoms with Crippen LogP contribution < -0.4 is 31.4 Å². The van der Waals surface area contributed by atoms with Crippen LogP contribution in [0.1, 0.15) is 167 Å². The number of ether oxygens (including phenoxy) is 4. The minimum Gasteiger partial charge on any atom is -0.497 e. The lowest BCUT2D eigenvalue weighted by Crippen LogP contribution is -2.53. The fourth-order valence-electron chi connectivity index (χ4n) is 16.2. The van der Waals surface area contributed by atoms with E-state index in [2.05, 4.69) is 74.8 Å². The first-order chi connectivity index (χ1) is 40.9. The van der Waals surface area contributed by atoms with Gasteiger partial charge in [0.05, 0.1) is 51.6 Å². The van der Waals surface area contributed by atoms with Crippen LogP contribution >= 0.6 is 8.53 Å². The number of aromatic amines is 1. The molecule has 5 fully saturated rings. The van der Waals surface area contributed by atoms with Crippen LogP contribution in [0.15, 0.2) is 101 Å². The third-order valence-electron chi connectivity index (χ3n) is 20.3. The second kappa shape index (κ2) is 28.4. The second-order valence-electron chi connectivity index (χ2n) is 25.7. The summed E-state index contributed by atoms with van der Waals surface area (Å²) in [6.45, 7) is 16.4. The summed E-state index contributed by atoms with van der Waals surface area (Å²) >= 11 is 0. The van der Waals surface area contributed by atoms with Gasteiger partial charge in [-0.2, -0.15) is 5.26 Å². The summed E-state index contributed by atoms with van der Waals surface area (Å²) in [5, 5.41) is 15.3. The molecule has 5 aliphatic rings. The first-order valence-electron chi connectivity index (χ1n) is 31.4. The van der Waals surface area contributed by atoms with E-state index >= 15 is 0 Å². The number of nitrogens with one attached hydrogen (secondary N) is 3. The van der Waals surface area contributed by atoms with E-state index in [1.807, 2.05) is 78.9 Å². The summed E-state index contributed by atoms with van der Waals surface area (Å²) in [6, 6.07) is 27.5. The highest BCUT2D eigenvalue weighted by atomic mass is 31.2. The minimum atomic E-state index is -1.79. The smallest absolute Gasteiger partial charge is 0.330 e. The molecule has 0 spiro atoms. The minimum absolute atomic E-state index is 0.00397. The van der Waals surface area contributed by atoms with E-state index in [-0.39, 0.29) is 62.7 Å². The zero-order chi connectivity index (χ0) is 60.5. The molecule has 3 aromatic carbocycles. The van der Waals surface area contributed by atoms with Gasteiger partial charge in [-0.1, -0.05) is 88.2 Å². The van der Waals surface area contributed by atoms with Gasteiger partial charge in [-0.05, 0) is 179 Å². The Bertz CT molecular complexity index is 3000. The Morgan fingerprint density at radius 2 is 1.49 bits per heavy atom. The maximum absolute atomic E-state index is 13.9. The van der Waals surface area contributed by atoms with Crippen molar-refractivity contribution in [3.8, 4) is 17.6 Å². The number of carbonyl (C=O) groups is 2. The summed E-state index contributed by atoms with van der Waals surface area (Å²) in [5.41, 5.74) is 0.775. The van der Waals surface area contributed by atoms with Crippen LogP contribution in [0.5, 0.6) is 11.5 Å². The second-order valence-corrected chi connectivity index (χ2v) is 27.1. The molecule has 12 atom stereocenters. The van der Waals surface area contributed by atoms with Crippen molar-refractivity contribution in [2.45, 2.75) is 174 Å². The molecule has 2 unspecified atom stereocenters. The van der Waals surface area contributed by atoms with Crippen molar-refractivity contribution >= 4 is 26.4 Å². The first kappa shape index (κ1) is 63.8. The van der Waals surface area contributed by atoms with E-state index in [1.165, 1.54) is 87.1 Å². The molecule has 1 aliphatic heterocycles. The van der Waals surface area contributed by atoms with Gasteiger partial charge >= 0.3 is 5.69 Å². The van der Waals surface area contributed by atoms with Crippen LogP contribution in [0.25, 0.3) is 6.08 Å². The lowest BCUT2D eigenvalue weighted by atomic mass is 9.44. The van der Waals surface area contributed by atoms with Gasteiger partial charge in [-0.25, -0.2) is 9.46 Å². The monoisotopic (exact) mass is 1180 g/mol. The number of nitrogens with zero attached hydrogens (tertiary/aromatic N) is 3. The molecule has 85 heavy (non-hydrogen) atoms. The normalized spacial score (nSPS) is 27.2. The SMILES string of the molecule is COc1ccc(C(OC[C@H]2O[C@@H](n3cc(C=CC(=O)NCCNC(=O)CC[C@@H](C)[C@H]4CC[C@H]5[C@@H]6CC[C@@H]7CCCC[C@]7(C)[C@H]6CC[C@]45C)c(=O)[nH]c3=O)CC2OP(OCCC#N)N(C(C)C)C(C)C)(c2ccccc2)c2ccc(OC)cc2)cc1. The van der Waals surface area contributed by atoms with Crippen molar-refractivity contribution < 1.29 is 37.6 Å². The fourth-order valence-corrected chi connectivity index (χ4v) is 17.9. The van der Waals surface area contributed by atoms with Crippen molar-refractivity contribution in [3.05, 3.63) is 134 Å². The molecule has 4 aliphatic carbocycles. The van der Waals surface area contributed by atoms with Gasteiger partial charge in [0.1, 0.15) is 29.4 Å². The van der Waals surface area contributed by atoms with Gasteiger partial charge in [-0.15, -0.1) is 0 Å².